The van der Waals surface area contributed by atoms with Crippen molar-refractivity contribution in [2.45, 2.75) is 39.7 Å². The number of hydrogen-bond acceptors (Lipinski definition) is 3. The summed E-state index contributed by atoms with van der Waals surface area (Å²) in [4.78, 5) is 12.2. The SMILES string of the molecule is Cc1ccc(OCCNC(=O)[C@@H](C)Oc2ccccc2C(C)C)cc1Cl. The van der Waals surface area contributed by atoms with Gasteiger partial charge in [0, 0.05) is 5.02 Å². The van der Waals surface area contributed by atoms with Gasteiger partial charge in [0.2, 0.25) is 0 Å². The Kier molecular flexibility index (Phi) is 7.34. The number of aryl methyl sites for hydroxylation is 1. The highest BCUT2D eigenvalue weighted by Gasteiger charge is 2.16. The fourth-order valence-corrected chi connectivity index (χ4v) is 2.63. The van der Waals surface area contributed by atoms with E-state index in [4.69, 9.17) is 21.1 Å². The molecule has 140 valence electrons. The third-order valence-corrected chi connectivity index (χ3v) is 4.43. The van der Waals surface area contributed by atoms with Crippen LogP contribution in [0, 0.1) is 6.92 Å². The van der Waals surface area contributed by atoms with Crippen molar-refractivity contribution in [1.29, 1.82) is 0 Å². The van der Waals surface area contributed by atoms with Gasteiger partial charge >= 0.3 is 0 Å². The van der Waals surface area contributed by atoms with E-state index < -0.39 is 6.10 Å². The lowest BCUT2D eigenvalue weighted by Gasteiger charge is -2.18. The first-order valence-corrected chi connectivity index (χ1v) is 9.18. The first-order chi connectivity index (χ1) is 12.4. The van der Waals surface area contributed by atoms with Crippen LogP contribution in [0.15, 0.2) is 42.5 Å². The Morgan fingerprint density at radius 3 is 2.58 bits per heavy atom. The highest BCUT2D eigenvalue weighted by molar-refractivity contribution is 6.31. The predicted octanol–water partition coefficient (Wildman–Crippen LogP) is 4.73. The maximum absolute atomic E-state index is 12.2. The van der Waals surface area contributed by atoms with E-state index in [1.807, 2.05) is 43.3 Å². The van der Waals surface area contributed by atoms with Crippen LogP contribution >= 0.6 is 11.6 Å². The molecule has 0 bridgehead atoms. The smallest absolute Gasteiger partial charge is 0.260 e. The second kappa shape index (κ2) is 9.48. The molecule has 0 saturated heterocycles. The van der Waals surface area contributed by atoms with Gasteiger partial charge in [0.15, 0.2) is 6.10 Å². The van der Waals surface area contributed by atoms with E-state index >= 15 is 0 Å². The normalized spacial score (nSPS) is 11.9. The fraction of sp³-hybridized carbons (Fsp3) is 0.381. The van der Waals surface area contributed by atoms with Crippen LogP contribution in [-0.4, -0.2) is 25.2 Å². The molecule has 0 aromatic heterocycles. The summed E-state index contributed by atoms with van der Waals surface area (Å²) in [6.07, 6.45) is -0.580. The van der Waals surface area contributed by atoms with E-state index in [9.17, 15) is 4.79 Å². The van der Waals surface area contributed by atoms with Gasteiger partial charge < -0.3 is 14.8 Å². The number of carbonyl (C=O) groups is 1. The summed E-state index contributed by atoms with van der Waals surface area (Å²) in [5.74, 6) is 1.59. The average Bonchev–Trinajstić information content (AvgIpc) is 2.61. The Morgan fingerprint density at radius 1 is 1.15 bits per heavy atom. The predicted molar refractivity (Wildman–Crippen MR) is 105 cm³/mol. The van der Waals surface area contributed by atoms with E-state index in [2.05, 4.69) is 19.2 Å². The monoisotopic (exact) mass is 375 g/mol. The van der Waals surface area contributed by atoms with Crippen LogP contribution < -0.4 is 14.8 Å². The number of amides is 1. The van der Waals surface area contributed by atoms with Gasteiger partial charge in [0.1, 0.15) is 18.1 Å². The summed E-state index contributed by atoms with van der Waals surface area (Å²) in [6, 6.07) is 13.3. The molecule has 26 heavy (non-hydrogen) atoms. The van der Waals surface area contributed by atoms with Crippen molar-refractivity contribution in [2.24, 2.45) is 0 Å². The number of para-hydroxylation sites is 1. The van der Waals surface area contributed by atoms with E-state index in [-0.39, 0.29) is 5.91 Å². The molecular weight excluding hydrogens is 350 g/mol. The molecule has 5 heteroatoms. The van der Waals surface area contributed by atoms with Crippen molar-refractivity contribution in [3.8, 4) is 11.5 Å². The summed E-state index contributed by atoms with van der Waals surface area (Å²) in [7, 11) is 0. The molecular formula is C21H26ClNO3. The van der Waals surface area contributed by atoms with E-state index in [1.165, 1.54) is 0 Å². The standard InChI is InChI=1S/C21H26ClNO3/c1-14(2)18-7-5-6-8-20(18)26-16(4)21(24)23-11-12-25-17-10-9-15(3)19(22)13-17/h5-10,13-14,16H,11-12H2,1-4H3,(H,23,24)/t16-/m1/s1. The molecule has 0 spiro atoms. The van der Waals surface area contributed by atoms with E-state index in [0.717, 1.165) is 16.9 Å². The minimum absolute atomic E-state index is 0.172. The quantitative estimate of drug-likeness (QED) is 0.678. The molecule has 0 aliphatic rings. The lowest BCUT2D eigenvalue weighted by molar-refractivity contribution is -0.127. The number of halogens is 1. The Labute approximate surface area is 160 Å². The van der Waals surface area contributed by atoms with Crippen LogP contribution in [0.1, 0.15) is 37.8 Å². The molecule has 2 rings (SSSR count). The van der Waals surface area contributed by atoms with Gasteiger partial charge in [-0.05, 0) is 49.1 Å². The first-order valence-electron chi connectivity index (χ1n) is 8.80. The summed E-state index contributed by atoms with van der Waals surface area (Å²) in [5.41, 5.74) is 2.09. The lowest BCUT2D eigenvalue weighted by Crippen LogP contribution is -2.38. The molecule has 0 radical (unpaired) electrons. The topological polar surface area (TPSA) is 47.6 Å². The van der Waals surface area contributed by atoms with Crippen molar-refractivity contribution in [3.05, 3.63) is 58.6 Å². The van der Waals surface area contributed by atoms with Crippen LogP contribution in [0.2, 0.25) is 5.02 Å². The Bertz CT molecular complexity index is 746. The minimum Gasteiger partial charge on any atom is -0.492 e. The molecule has 0 heterocycles. The van der Waals surface area contributed by atoms with Crippen LogP contribution in [0.25, 0.3) is 0 Å². The van der Waals surface area contributed by atoms with Gasteiger partial charge in [-0.25, -0.2) is 0 Å². The third kappa shape index (κ3) is 5.67. The number of nitrogens with one attached hydrogen (secondary N) is 1. The maximum Gasteiger partial charge on any atom is 0.260 e. The number of ether oxygens (including phenoxy) is 2. The molecule has 1 amide bonds. The molecule has 4 nitrogen and oxygen atoms in total. The van der Waals surface area contributed by atoms with Crippen LogP contribution in [0.3, 0.4) is 0 Å². The van der Waals surface area contributed by atoms with Crippen LogP contribution in [-0.2, 0) is 4.79 Å². The zero-order valence-corrected chi connectivity index (χ0v) is 16.5. The Balaban J connectivity index is 1.79. The van der Waals surface area contributed by atoms with Crippen LogP contribution in [0.4, 0.5) is 0 Å². The Morgan fingerprint density at radius 2 is 1.88 bits per heavy atom. The molecule has 1 N–H and O–H groups in total. The van der Waals surface area contributed by atoms with Gasteiger partial charge in [-0.3, -0.25) is 4.79 Å². The first kappa shape index (κ1) is 20.1. The van der Waals surface area contributed by atoms with E-state index in [0.29, 0.717) is 29.8 Å². The summed E-state index contributed by atoms with van der Waals surface area (Å²) in [5, 5.41) is 3.49. The number of benzene rings is 2. The molecule has 2 aromatic carbocycles. The second-order valence-electron chi connectivity index (χ2n) is 6.50. The lowest BCUT2D eigenvalue weighted by atomic mass is 10.0. The third-order valence-electron chi connectivity index (χ3n) is 4.03. The largest absolute Gasteiger partial charge is 0.492 e. The number of hydrogen-bond donors (Lipinski definition) is 1. The van der Waals surface area contributed by atoms with Crippen molar-refractivity contribution in [3.63, 3.8) is 0 Å². The number of carbonyl (C=O) groups excluding carboxylic acids is 1. The summed E-state index contributed by atoms with van der Waals surface area (Å²) >= 11 is 6.06. The average molecular weight is 376 g/mol. The maximum atomic E-state index is 12.2. The van der Waals surface area contributed by atoms with E-state index in [1.54, 1.807) is 13.0 Å². The van der Waals surface area contributed by atoms with Gasteiger partial charge in [-0.1, -0.05) is 49.7 Å². The molecule has 2 aromatic rings. The number of rotatable bonds is 8. The summed E-state index contributed by atoms with van der Waals surface area (Å²) in [6.45, 7) is 8.63. The minimum atomic E-state index is -0.580. The van der Waals surface area contributed by atoms with Gasteiger partial charge in [0.25, 0.3) is 5.91 Å². The highest BCUT2D eigenvalue weighted by atomic mass is 35.5. The summed E-state index contributed by atoms with van der Waals surface area (Å²) < 4.78 is 11.4. The highest BCUT2D eigenvalue weighted by Crippen LogP contribution is 2.26. The fourth-order valence-electron chi connectivity index (χ4n) is 2.46. The van der Waals surface area contributed by atoms with Gasteiger partial charge in [-0.15, -0.1) is 0 Å². The molecule has 0 fully saturated rings. The van der Waals surface area contributed by atoms with Gasteiger partial charge in [0.05, 0.1) is 6.54 Å². The van der Waals surface area contributed by atoms with Crippen molar-refractivity contribution in [1.82, 2.24) is 5.32 Å². The molecule has 0 saturated carbocycles. The molecule has 0 aliphatic carbocycles. The van der Waals surface area contributed by atoms with Gasteiger partial charge in [-0.2, -0.15) is 0 Å². The second-order valence-corrected chi connectivity index (χ2v) is 6.91. The zero-order valence-electron chi connectivity index (χ0n) is 15.7. The molecule has 0 unspecified atom stereocenters. The van der Waals surface area contributed by atoms with Crippen molar-refractivity contribution >= 4 is 17.5 Å². The Hall–Kier alpha value is -2.20. The zero-order chi connectivity index (χ0) is 19.1. The molecule has 0 aliphatic heterocycles. The van der Waals surface area contributed by atoms with Crippen molar-refractivity contribution in [2.75, 3.05) is 13.2 Å². The van der Waals surface area contributed by atoms with Crippen LogP contribution in [0.5, 0.6) is 11.5 Å². The molecule has 1 atom stereocenters. The van der Waals surface area contributed by atoms with Crippen molar-refractivity contribution < 1.29 is 14.3 Å².